The minimum Gasteiger partial charge on any atom is -0.462 e. The molecule has 0 aliphatic carbocycles. The van der Waals surface area contributed by atoms with Crippen LogP contribution in [0.1, 0.15) is 42.1 Å². The molecule has 25 heavy (non-hydrogen) atoms. The van der Waals surface area contributed by atoms with E-state index in [0.717, 1.165) is 18.7 Å². The molecular formula is C21H26N2O2. The molecule has 2 aromatic rings. The number of hydrogen-bond acceptors (Lipinski definition) is 4. The van der Waals surface area contributed by atoms with Gasteiger partial charge in [-0.05, 0) is 56.0 Å². The van der Waals surface area contributed by atoms with Crippen LogP contribution < -0.4 is 5.43 Å². The van der Waals surface area contributed by atoms with Gasteiger partial charge in [0, 0.05) is 18.3 Å². The summed E-state index contributed by atoms with van der Waals surface area (Å²) in [5.74, 6) is -0.269. The summed E-state index contributed by atoms with van der Waals surface area (Å²) in [4.78, 5) is 11.7. The molecule has 1 fully saturated rings. The van der Waals surface area contributed by atoms with Crippen LogP contribution in [0.2, 0.25) is 0 Å². The number of hydrogen-bond donors (Lipinski definition) is 1. The Labute approximate surface area is 149 Å². The lowest BCUT2D eigenvalue weighted by Crippen LogP contribution is -2.44. The van der Waals surface area contributed by atoms with Crippen molar-refractivity contribution >= 4 is 11.7 Å². The van der Waals surface area contributed by atoms with Gasteiger partial charge in [-0.15, -0.1) is 0 Å². The number of carbonyl (C=O) groups is 1. The van der Waals surface area contributed by atoms with E-state index in [9.17, 15) is 4.79 Å². The van der Waals surface area contributed by atoms with Crippen molar-refractivity contribution in [2.75, 3.05) is 18.6 Å². The summed E-state index contributed by atoms with van der Waals surface area (Å²) < 4.78 is 5.03. The maximum Gasteiger partial charge on any atom is 0.338 e. The molecule has 1 heterocycles. The highest BCUT2D eigenvalue weighted by Gasteiger charge is 2.22. The van der Waals surface area contributed by atoms with Crippen LogP contribution in [0.4, 0.5) is 5.69 Å². The zero-order valence-corrected chi connectivity index (χ0v) is 14.8. The Morgan fingerprint density at radius 2 is 1.88 bits per heavy atom. The highest BCUT2D eigenvalue weighted by molar-refractivity contribution is 5.89. The Balaban J connectivity index is 1.64. The van der Waals surface area contributed by atoms with E-state index in [2.05, 4.69) is 40.8 Å². The Bertz CT molecular complexity index is 670. The number of rotatable bonds is 6. The van der Waals surface area contributed by atoms with E-state index in [0.29, 0.717) is 18.2 Å². The second kappa shape index (κ2) is 8.67. The Morgan fingerprint density at radius 1 is 1.12 bits per heavy atom. The van der Waals surface area contributed by atoms with Gasteiger partial charge in [0.05, 0.1) is 12.2 Å². The molecule has 1 unspecified atom stereocenters. The molecule has 1 aliphatic heterocycles. The van der Waals surface area contributed by atoms with Gasteiger partial charge in [0.15, 0.2) is 0 Å². The van der Waals surface area contributed by atoms with Crippen molar-refractivity contribution in [3.63, 3.8) is 0 Å². The maximum absolute atomic E-state index is 11.7. The van der Waals surface area contributed by atoms with Crippen LogP contribution in [0.25, 0.3) is 0 Å². The Kier molecular flexibility index (Phi) is 6.07. The fourth-order valence-corrected chi connectivity index (χ4v) is 3.31. The van der Waals surface area contributed by atoms with Crippen molar-refractivity contribution in [2.45, 2.75) is 38.6 Å². The summed E-state index contributed by atoms with van der Waals surface area (Å²) >= 11 is 0. The molecule has 2 aromatic carbocycles. The van der Waals surface area contributed by atoms with Gasteiger partial charge in [-0.1, -0.05) is 36.8 Å². The number of anilines is 1. The molecule has 3 rings (SSSR count). The smallest absolute Gasteiger partial charge is 0.338 e. The van der Waals surface area contributed by atoms with Crippen LogP contribution in [-0.2, 0) is 11.2 Å². The number of hydrazine groups is 1. The molecule has 1 N–H and O–H groups in total. The lowest BCUT2D eigenvalue weighted by Gasteiger charge is -2.36. The first kappa shape index (κ1) is 17.5. The van der Waals surface area contributed by atoms with E-state index in [1.165, 1.54) is 24.8 Å². The summed E-state index contributed by atoms with van der Waals surface area (Å²) in [5.41, 5.74) is 6.50. The molecule has 1 saturated heterocycles. The maximum atomic E-state index is 11.7. The highest BCUT2D eigenvalue weighted by Crippen LogP contribution is 2.22. The number of benzene rings is 2. The number of ether oxygens (including phenoxy) is 1. The van der Waals surface area contributed by atoms with Gasteiger partial charge in [0.2, 0.25) is 0 Å². The third kappa shape index (κ3) is 4.83. The van der Waals surface area contributed by atoms with Crippen molar-refractivity contribution in [2.24, 2.45) is 0 Å². The SMILES string of the molecule is CCOC(=O)c1ccc(NN2CCCCC2Cc2ccccc2)cc1. The third-order valence-electron chi connectivity index (χ3n) is 4.61. The molecule has 1 aliphatic rings. The largest absolute Gasteiger partial charge is 0.462 e. The van der Waals surface area contributed by atoms with E-state index >= 15 is 0 Å². The number of piperidine rings is 1. The van der Waals surface area contributed by atoms with E-state index in [1.807, 2.05) is 31.2 Å². The van der Waals surface area contributed by atoms with Crippen LogP contribution >= 0.6 is 0 Å². The Morgan fingerprint density at radius 3 is 2.60 bits per heavy atom. The monoisotopic (exact) mass is 338 g/mol. The molecule has 0 radical (unpaired) electrons. The van der Waals surface area contributed by atoms with Crippen molar-refractivity contribution in [3.8, 4) is 0 Å². The van der Waals surface area contributed by atoms with Gasteiger partial charge in [-0.3, -0.25) is 0 Å². The van der Waals surface area contributed by atoms with Crippen molar-refractivity contribution in [1.29, 1.82) is 0 Å². The second-order valence-corrected chi connectivity index (χ2v) is 6.44. The summed E-state index contributed by atoms with van der Waals surface area (Å²) in [6.07, 6.45) is 4.73. The van der Waals surface area contributed by atoms with E-state index in [4.69, 9.17) is 4.74 Å². The summed E-state index contributed by atoms with van der Waals surface area (Å²) in [5, 5.41) is 2.34. The molecule has 132 valence electrons. The van der Waals surface area contributed by atoms with Crippen molar-refractivity contribution in [1.82, 2.24) is 5.01 Å². The number of nitrogens with zero attached hydrogens (tertiary/aromatic N) is 1. The first-order valence-corrected chi connectivity index (χ1v) is 9.10. The van der Waals surface area contributed by atoms with Crippen LogP contribution in [0.5, 0.6) is 0 Å². The molecule has 0 spiro atoms. The molecule has 4 heteroatoms. The minimum atomic E-state index is -0.269. The van der Waals surface area contributed by atoms with Gasteiger partial charge in [0.1, 0.15) is 0 Å². The average Bonchev–Trinajstić information content (AvgIpc) is 2.65. The standard InChI is InChI=1S/C21H26N2O2/c1-2-25-21(24)18-11-13-19(14-12-18)22-23-15-7-6-10-20(23)16-17-8-4-3-5-9-17/h3-5,8-9,11-14,20,22H,2,6-7,10,15-16H2,1H3. The number of esters is 1. The van der Waals surface area contributed by atoms with Crippen LogP contribution in [0.15, 0.2) is 54.6 Å². The number of nitrogens with one attached hydrogen (secondary N) is 1. The molecule has 4 nitrogen and oxygen atoms in total. The van der Waals surface area contributed by atoms with Gasteiger partial charge in [0.25, 0.3) is 0 Å². The zero-order valence-electron chi connectivity index (χ0n) is 14.8. The van der Waals surface area contributed by atoms with E-state index in [-0.39, 0.29) is 5.97 Å². The normalized spacial score (nSPS) is 17.9. The van der Waals surface area contributed by atoms with Crippen LogP contribution in [0, 0.1) is 0 Å². The van der Waals surface area contributed by atoms with Crippen LogP contribution in [-0.4, -0.2) is 30.2 Å². The first-order chi connectivity index (χ1) is 12.3. The molecule has 0 bridgehead atoms. The van der Waals surface area contributed by atoms with Gasteiger partial charge < -0.3 is 10.2 Å². The molecule has 0 amide bonds. The molecule has 0 saturated carbocycles. The van der Waals surface area contributed by atoms with Gasteiger partial charge in [-0.2, -0.15) is 0 Å². The third-order valence-corrected chi connectivity index (χ3v) is 4.61. The van der Waals surface area contributed by atoms with E-state index in [1.54, 1.807) is 0 Å². The quantitative estimate of drug-likeness (QED) is 0.798. The molecule has 0 aromatic heterocycles. The predicted molar refractivity (Wildman–Crippen MR) is 101 cm³/mol. The first-order valence-electron chi connectivity index (χ1n) is 9.10. The van der Waals surface area contributed by atoms with Gasteiger partial charge >= 0.3 is 5.97 Å². The average molecular weight is 338 g/mol. The summed E-state index contributed by atoms with van der Waals surface area (Å²) in [6, 6.07) is 18.7. The fraction of sp³-hybridized carbons (Fsp3) is 0.381. The zero-order chi connectivity index (χ0) is 17.5. The molecule has 1 atom stereocenters. The van der Waals surface area contributed by atoms with Crippen molar-refractivity contribution in [3.05, 3.63) is 65.7 Å². The minimum absolute atomic E-state index is 0.269. The number of carbonyl (C=O) groups excluding carboxylic acids is 1. The summed E-state index contributed by atoms with van der Waals surface area (Å²) in [6.45, 7) is 3.25. The van der Waals surface area contributed by atoms with Crippen molar-refractivity contribution < 1.29 is 9.53 Å². The van der Waals surface area contributed by atoms with Crippen LogP contribution in [0.3, 0.4) is 0 Å². The summed E-state index contributed by atoms with van der Waals surface area (Å²) in [7, 11) is 0. The topological polar surface area (TPSA) is 41.6 Å². The highest BCUT2D eigenvalue weighted by atomic mass is 16.5. The predicted octanol–water partition coefficient (Wildman–Crippen LogP) is 4.29. The Hall–Kier alpha value is -2.33. The second-order valence-electron chi connectivity index (χ2n) is 6.44. The molecular weight excluding hydrogens is 312 g/mol. The lowest BCUT2D eigenvalue weighted by atomic mass is 9.97. The lowest BCUT2D eigenvalue weighted by molar-refractivity contribution is 0.0526. The van der Waals surface area contributed by atoms with E-state index < -0.39 is 0 Å². The van der Waals surface area contributed by atoms with Gasteiger partial charge in [-0.25, -0.2) is 9.80 Å². The fourth-order valence-electron chi connectivity index (χ4n) is 3.31.